The van der Waals surface area contributed by atoms with Gasteiger partial charge in [0, 0.05) is 24.1 Å². The van der Waals surface area contributed by atoms with Crippen LogP contribution in [0.1, 0.15) is 31.7 Å². The summed E-state index contributed by atoms with van der Waals surface area (Å²) < 4.78 is 26.1. The predicted molar refractivity (Wildman–Crippen MR) is 59.1 cm³/mol. The van der Waals surface area contributed by atoms with Gasteiger partial charge in [-0.2, -0.15) is 0 Å². The van der Waals surface area contributed by atoms with Crippen LogP contribution in [-0.2, 0) is 0 Å². The van der Waals surface area contributed by atoms with E-state index in [1.165, 1.54) is 12.1 Å². The summed E-state index contributed by atoms with van der Waals surface area (Å²) in [6, 6.07) is 3.35. The van der Waals surface area contributed by atoms with Crippen molar-refractivity contribution in [1.82, 2.24) is 0 Å². The van der Waals surface area contributed by atoms with Crippen LogP contribution in [0.5, 0.6) is 0 Å². The Balaban J connectivity index is 3.10. The molecule has 1 rings (SSSR count). The summed E-state index contributed by atoms with van der Waals surface area (Å²) in [4.78, 5) is 0. The number of benzene rings is 1. The van der Waals surface area contributed by atoms with Crippen molar-refractivity contribution < 1.29 is 13.9 Å². The zero-order chi connectivity index (χ0) is 12.3. The Morgan fingerprint density at radius 3 is 2.12 bits per heavy atom. The molecule has 0 aliphatic rings. The zero-order valence-corrected chi connectivity index (χ0v) is 9.50. The van der Waals surface area contributed by atoms with E-state index in [4.69, 9.17) is 10.8 Å². The molecule has 2 nitrogen and oxygen atoms in total. The second-order valence-electron chi connectivity index (χ2n) is 4.59. The van der Waals surface area contributed by atoms with Crippen molar-refractivity contribution in [3.8, 4) is 0 Å². The largest absolute Gasteiger partial charge is 0.396 e. The first-order valence-corrected chi connectivity index (χ1v) is 5.20. The van der Waals surface area contributed by atoms with E-state index in [0.29, 0.717) is 12.0 Å². The molecule has 4 heteroatoms. The maximum Gasteiger partial charge on any atom is 0.126 e. The Bertz CT molecular complexity index is 340. The molecule has 0 amide bonds. The van der Waals surface area contributed by atoms with Crippen LogP contribution >= 0.6 is 0 Å². The second kappa shape index (κ2) is 4.89. The highest BCUT2D eigenvalue weighted by Gasteiger charge is 2.27. The van der Waals surface area contributed by atoms with Crippen LogP contribution in [0.2, 0.25) is 0 Å². The number of hydrogen-bond acceptors (Lipinski definition) is 2. The molecule has 0 saturated carbocycles. The van der Waals surface area contributed by atoms with Gasteiger partial charge in [0.2, 0.25) is 0 Å². The molecule has 90 valence electrons. The summed E-state index contributed by atoms with van der Waals surface area (Å²) in [6.07, 6.45) is 0.381. The third-order valence-electron chi connectivity index (χ3n) is 2.60. The summed E-state index contributed by atoms with van der Waals surface area (Å²) >= 11 is 0. The van der Waals surface area contributed by atoms with Crippen LogP contribution < -0.4 is 5.73 Å². The summed E-state index contributed by atoms with van der Waals surface area (Å²) in [5.41, 5.74) is 5.79. The van der Waals surface area contributed by atoms with Crippen LogP contribution in [0, 0.1) is 11.6 Å². The molecule has 1 aromatic carbocycles. The molecule has 0 bridgehead atoms. The van der Waals surface area contributed by atoms with E-state index in [2.05, 4.69) is 0 Å². The fraction of sp³-hybridized carbons (Fsp3) is 0.500. The number of rotatable bonds is 4. The van der Waals surface area contributed by atoms with Crippen molar-refractivity contribution in [2.75, 3.05) is 6.61 Å². The van der Waals surface area contributed by atoms with Gasteiger partial charge in [0.05, 0.1) is 0 Å². The second-order valence-corrected chi connectivity index (χ2v) is 4.59. The minimum Gasteiger partial charge on any atom is -0.396 e. The molecule has 16 heavy (non-hydrogen) atoms. The zero-order valence-electron chi connectivity index (χ0n) is 9.50. The minimum absolute atomic E-state index is 0.0660. The van der Waals surface area contributed by atoms with Gasteiger partial charge in [-0.3, -0.25) is 0 Å². The van der Waals surface area contributed by atoms with E-state index in [-0.39, 0.29) is 12.5 Å². The first kappa shape index (κ1) is 13.1. The molecule has 0 spiro atoms. The molecular formula is C12H17F2NO. The van der Waals surface area contributed by atoms with Crippen molar-refractivity contribution in [1.29, 1.82) is 0 Å². The van der Waals surface area contributed by atoms with E-state index < -0.39 is 17.2 Å². The van der Waals surface area contributed by atoms with Crippen molar-refractivity contribution in [2.24, 2.45) is 5.73 Å². The monoisotopic (exact) mass is 229 g/mol. The average Bonchev–Trinajstić information content (AvgIpc) is 2.10. The molecule has 1 aromatic rings. The molecule has 1 atom stereocenters. The Labute approximate surface area is 94.1 Å². The molecule has 0 fully saturated rings. The van der Waals surface area contributed by atoms with Crippen LogP contribution in [0.15, 0.2) is 18.2 Å². The van der Waals surface area contributed by atoms with Gasteiger partial charge in [-0.1, -0.05) is 0 Å². The Morgan fingerprint density at radius 1 is 1.25 bits per heavy atom. The molecular weight excluding hydrogens is 212 g/mol. The van der Waals surface area contributed by atoms with Gasteiger partial charge in [0.1, 0.15) is 11.6 Å². The lowest BCUT2D eigenvalue weighted by molar-refractivity contribution is 0.250. The molecule has 0 aliphatic heterocycles. The third-order valence-corrected chi connectivity index (χ3v) is 2.60. The fourth-order valence-corrected chi connectivity index (χ4v) is 1.87. The van der Waals surface area contributed by atoms with Crippen molar-refractivity contribution in [3.63, 3.8) is 0 Å². The number of aliphatic hydroxyl groups excluding tert-OH is 1. The minimum atomic E-state index is -0.636. The Morgan fingerprint density at radius 2 is 1.75 bits per heavy atom. The first-order chi connectivity index (χ1) is 7.34. The summed E-state index contributed by atoms with van der Waals surface area (Å²) in [7, 11) is 0. The maximum atomic E-state index is 13.1. The molecule has 0 heterocycles. The fourth-order valence-electron chi connectivity index (χ4n) is 1.87. The molecule has 3 N–H and O–H groups in total. The molecule has 0 aromatic heterocycles. The van der Waals surface area contributed by atoms with Crippen molar-refractivity contribution >= 4 is 0 Å². The van der Waals surface area contributed by atoms with Crippen molar-refractivity contribution in [2.45, 2.75) is 31.7 Å². The lowest BCUT2D eigenvalue weighted by atomic mass is 9.80. The van der Waals surface area contributed by atoms with Gasteiger partial charge >= 0.3 is 0 Å². The number of hydrogen-bond donors (Lipinski definition) is 2. The highest BCUT2D eigenvalue weighted by Crippen LogP contribution is 2.30. The highest BCUT2D eigenvalue weighted by atomic mass is 19.1. The lowest BCUT2D eigenvalue weighted by Gasteiger charge is -2.30. The van der Waals surface area contributed by atoms with Crippen molar-refractivity contribution in [3.05, 3.63) is 35.4 Å². The third kappa shape index (κ3) is 3.25. The molecule has 0 saturated heterocycles. The van der Waals surface area contributed by atoms with Gasteiger partial charge in [0.15, 0.2) is 0 Å². The van der Waals surface area contributed by atoms with Crippen LogP contribution in [0.4, 0.5) is 8.78 Å². The smallest absolute Gasteiger partial charge is 0.126 e. The Hall–Kier alpha value is -1.00. The molecule has 0 aliphatic carbocycles. The SMILES string of the molecule is CC(C)(N)C(CCO)c1cc(F)cc(F)c1. The van der Waals surface area contributed by atoms with Gasteiger partial charge < -0.3 is 10.8 Å². The lowest BCUT2D eigenvalue weighted by Crippen LogP contribution is -2.39. The van der Waals surface area contributed by atoms with E-state index >= 15 is 0 Å². The van der Waals surface area contributed by atoms with Gasteiger partial charge in [-0.25, -0.2) is 8.78 Å². The van der Waals surface area contributed by atoms with Gasteiger partial charge in [0.25, 0.3) is 0 Å². The summed E-state index contributed by atoms with van der Waals surface area (Å²) in [6.45, 7) is 3.48. The van der Waals surface area contributed by atoms with Crippen LogP contribution in [0.3, 0.4) is 0 Å². The predicted octanol–water partition coefficient (Wildman–Crippen LogP) is 2.17. The molecule has 0 radical (unpaired) electrons. The van der Waals surface area contributed by atoms with Crippen LogP contribution in [-0.4, -0.2) is 17.3 Å². The number of aliphatic hydroxyl groups is 1. The quantitative estimate of drug-likeness (QED) is 0.831. The number of halogens is 2. The highest BCUT2D eigenvalue weighted by molar-refractivity contribution is 5.25. The summed E-state index contributed by atoms with van der Waals surface area (Å²) in [5.74, 6) is -1.52. The number of nitrogens with two attached hydrogens (primary N) is 1. The van der Waals surface area contributed by atoms with E-state index in [1.54, 1.807) is 13.8 Å². The standard InChI is InChI=1S/C12H17F2NO/c1-12(2,15)11(3-4-16)8-5-9(13)7-10(14)6-8/h5-7,11,16H,3-4,15H2,1-2H3. The summed E-state index contributed by atoms with van der Waals surface area (Å²) in [5, 5.41) is 8.96. The Kier molecular flexibility index (Phi) is 3.99. The van der Waals surface area contributed by atoms with Crippen LogP contribution in [0.25, 0.3) is 0 Å². The van der Waals surface area contributed by atoms with Gasteiger partial charge in [-0.05, 0) is 38.0 Å². The topological polar surface area (TPSA) is 46.2 Å². The normalized spacial score (nSPS) is 13.9. The average molecular weight is 229 g/mol. The first-order valence-electron chi connectivity index (χ1n) is 5.20. The molecule has 1 unspecified atom stereocenters. The van der Waals surface area contributed by atoms with E-state index in [0.717, 1.165) is 6.07 Å². The van der Waals surface area contributed by atoms with E-state index in [1.807, 2.05) is 0 Å². The van der Waals surface area contributed by atoms with Gasteiger partial charge in [-0.15, -0.1) is 0 Å². The maximum absolute atomic E-state index is 13.1. The van der Waals surface area contributed by atoms with E-state index in [9.17, 15) is 8.78 Å².